The molecule has 0 radical (unpaired) electrons. The summed E-state index contributed by atoms with van der Waals surface area (Å²) in [7, 11) is 2.08. The lowest BCUT2D eigenvalue weighted by atomic mass is 10.5. The molecule has 0 saturated heterocycles. The topological polar surface area (TPSA) is 40.2 Å². The second kappa shape index (κ2) is 16.9. The maximum Gasteiger partial charge on any atom is 0.0701 e. The summed E-state index contributed by atoms with van der Waals surface area (Å²) < 4.78 is 21.7. The lowest BCUT2D eigenvalue weighted by molar-refractivity contribution is 0.0281. The van der Waals surface area contributed by atoms with Gasteiger partial charge in [-0.05, 0) is 19.9 Å². The third-order valence-corrected chi connectivity index (χ3v) is 2.68. The van der Waals surface area contributed by atoms with Crippen molar-refractivity contribution in [3.8, 4) is 0 Å². The molecule has 0 aliphatic rings. The minimum absolute atomic E-state index is 0.680. The highest BCUT2D eigenvalue weighted by molar-refractivity contribution is 4.49. The minimum Gasteiger partial charge on any atom is -0.379 e. The van der Waals surface area contributed by atoms with Gasteiger partial charge in [-0.15, -0.1) is 0 Å². The third kappa shape index (κ3) is 15.9. The van der Waals surface area contributed by atoms with Crippen molar-refractivity contribution >= 4 is 0 Å². The largest absolute Gasteiger partial charge is 0.379 e. The standard InChI is InChI=1S/C15H33NO4/c1-4-8-17-12-14-19-10-6-16(3)7-11-20-15-13-18-9-5-2/h4-15H2,1-3H3. The van der Waals surface area contributed by atoms with Gasteiger partial charge >= 0.3 is 0 Å². The van der Waals surface area contributed by atoms with Crippen LogP contribution in [-0.2, 0) is 18.9 Å². The van der Waals surface area contributed by atoms with E-state index in [1.165, 1.54) is 0 Å². The van der Waals surface area contributed by atoms with E-state index >= 15 is 0 Å². The maximum absolute atomic E-state index is 5.50. The summed E-state index contributed by atoms with van der Waals surface area (Å²) in [6, 6.07) is 0. The van der Waals surface area contributed by atoms with Crippen LogP contribution >= 0.6 is 0 Å². The molecule has 0 N–H and O–H groups in total. The molecular weight excluding hydrogens is 258 g/mol. The van der Waals surface area contributed by atoms with Crippen molar-refractivity contribution in [3.05, 3.63) is 0 Å². The van der Waals surface area contributed by atoms with Crippen LogP contribution in [0.15, 0.2) is 0 Å². The average molecular weight is 291 g/mol. The Hall–Kier alpha value is -0.200. The number of hydrogen-bond acceptors (Lipinski definition) is 5. The van der Waals surface area contributed by atoms with Crippen molar-refractivity contribution in [2.45, 2.75) is 26.7 Å². The molecule has 0 unspecified atom stereocenters. The number of rotatable bonds is 16. The van der Waals surface area contributed by atoms with Gasteiger partial charge in [0, 0.05) is 26.3 Å². The number of likely N-dealkylation sites (N-methyl/N-ethyl adjacent to an activating group) is 1. The van der Waals surface area contributed by atoms with Gasteiger partial charge in [0.1, 0.15) is 0 Å². The molecule has 0 aromatic rings. The van der Waals surface area contributed by atoms with E-state index in [-0.39, 0.29) is 0 Å². The smallest absolute Gasteiger partial charge is 0.0701 e. The van der Waals surface area contributed by atoms with Gasteiger partial charge in [0.15, 0.2) is 0 Å². The Morgan fingerprint density at radius 3 is 1.25 bits per heavy atom. The molecular formula is C15H33NO4. The Morgan fingerprint density at radius 1 is 0.550 bits per heavy atom. The lowest BCUT2D eigenvalue weighted by Crippen LogP contribution is -2.27. The second-order valence-corrected chi connectivity index (χ2v) is 4.75. The van der Waals surface area contributed by atoms with Crippen LogP contribution in [0.2, 0.25) is 0 Å². The van der Waals surface area contributed by atoms with Crippen molar-refractivity contribution in [2.75, 3.05) is 73.0 Å². The lowest BCUT2D eigenvalue weighted by Gasteiger charge is -2.16. The zero-order valence-electron chi connectivity index (χ0n) is 13.6. The molecule has 0 bridgehead atoms. The molecule has 0 saturated carbocycles. The van der Waals surface area contributed by atoms with E-state index in [1.54, 1.807) is 0 Å². The number of ether oxygens (including phenoxy) is 4. The summed E-state index contributed by atoms with van der Waals surface area (Å²) >= 11 is 0. The monoisotopic (exact) mass is 291 g/mol. The van der Waals surface area contributed by atoms with Gasteiger partial charge in [0.05, 0.1) is 39.6 Å². The highest BCUT2D eigenvalue weighted by atomic mass is 16.5. The minimum atomic E-state index is 0.680. The molecule has 122 valence electrons. The first-order valence-electron chi connectivity index (χ1n) is 7.80. The van der Waals surface area contributed by atoms with E-state index in [1.807, 2.05) is 0 Å². The van der Waals surface area contributed by atoms with Crippen LogP contribution in [0, 0.1) is 0 Å². The highest BCUT2D eigenvalue weighted by Crippen LogP contribution is 1.87. The quantitative estimate of drug-likeness (QED) is 0.406. The molecule has 5 nitrogen and oxygen atoms in total. The molecule has 0 aromatic heterocycles. The van der Waals surface area contributed by atoms with E-state index in [4.69, 9.17) is 18.9 Å². The van der Waals surface area contributed by atoms with Crippen molar-refractivity contribution < 1.29 is 18.9 Å². The zero-order valence-corrected chi connectivity index (χ0v) is 13.6. The number of hydrogen-bond donors (Lipinski definition) is 0. The number of nitrogens with zero attached hydrogens (tertiary/aromatic N) is 1. The fraction of sp³-hybridized carbons (Fsp3) is 1.00. The maximum atomic E-state index is 5.50. The van der Waals surface area contributed by atoms with Crippen molar-refractivity contribution in [1.29, 1.82) is 0 Å². The molecule has 0 aromatic carbocycles. The predicted octanol–water partition coefficient (Wildman–Crippen LogP) is 1.80. The summed E-state index contributed by atoms with van der Waals surface area (Å²) in [6.07, 6.45) is 2.12. The van der Waals surface area contributed by atoms with Crippen LogP contribution < -0.4 is 0 Å². The van der Waals surface area contributed by atoms with E-state index in [0.717, 1.165) is 52.4 Å². The van der Waals surface area contributed by atoms with Crippen molar-refractivity contribution in [1.82, 2.24) is 4.90 Å². The fourth-order valence-electron chi connectivity index (χ4n) is 1.49. The summed E-state index contributed by atoms with van der Waals surface area (Å²) in [4.78, 5) is 2.21. The Bertz CT molecular complexity index is 163. The summed E-state index contributed by atoms with van der Waals surface area (Å²) in [5.74, 6) is 0. The first kappa shape index (κ1) is 19.8. The first-order valence-corrected chi connectivity index (χ1v) is 7.80. The molecule has 0 aliphatic heterocycles. The zero-order chi connectivity index (χ0) is 14.9. The van der Waals surface area contributed by atoms with Crippen molar-refractivity contribution in [3.63, 3.8) is 0 Å². The van der Waals surface area contributed by atoms with Crippen molar-refractivity contribution in [2.24, 2.45) is 0 Å². The van der Waals surface area contributed by atoms with E-state index in [0.29, 0.717) is 26.4 Å². The molecule has 0 spiro atoms. The van der Waals surface area contributed by atoms with Crippen LogP contribution in [0.25, 0.3) is 0 Å². The molecule has 0 heterocycles. The van der Waals surface area contributed by atoms with Crippen LogP contribution in [0.1, 0.15) is 26.7 Å². The van der Waals surface area contributed by atoms with E-state index in [9.17, 15) is 0 Å². The first-order chi connectivity index (χ1) is 9.81. The van der Waals surface area contributed by atoms with Crippen LogP contribution in [0.3, 0.4) is 0 Å². The molecule has 0 aliphatic carbocycles. The highest BCUT2D eigenvalue weighted by Gasteiger charge is 1.98. The summed E-state index contributed by atoms with van der Waals surface area (Å²) in [6.45, 7) is 11.9. The van der Waals surface area contributed by atoms with Crippen LogP contribution in [-0.4, -0.2) is 77.9 Å². The van der Waals surface area contributed by atoms with Gasteiger partial charge in [0.2, 0.25) is 0 Å². The fourth-order valence-corrected chi connectivity index (χ4v) is 1.49. The molecule has 0 fully saturated rings. The Labute approximate surface area is 124 Å². The summed E-state index contributed by atoms with van der Waals surface area (Å²) in [5.41, 5.74) is 0. The predicted molar refractivity (Wildman–Crippen MR) is 81.4 cm³/mol. The Balaban J connectivity index is 3.11. The van der Waals surface area contributed by atoms with Gasteiger partial charge in [-0.2, -0.15) is 0 Å². The van der Waals surface area contributed by atoms with Crippen LogP contribution in [0.5, 0.6) is 0 Å². The second-order valence-electron chi connectivity index (χ2n) is 4.75. The van der Waals surface area contributed by atoms with Gasteiger partial charge in [0.25, 0.3) is 0 Å². The molecule has 5 heteroatoms. The van der Waals surface area contributed by atoms with E-state index in [2.05, 4.69) is 25.8 Å². The molecule has 0 atom stereocenters. The van der Waals surface area contributed by atoms with E-state index < -0.39 is 0 Å². The Kier molecular flexibility index (Phi) is 16.7. The molecule has 0 rings (SSSR count). The van der Waals surface area contributed by atoms with Gasteiger partial charge in [-0.25, -0.2) is 0 Å². The van der Waals surface area contributed by atoms with Gasteiger partial charge in [-0.1, -0.05) is 13.8 Å². The Morgan fingerprint density at radius 2 is 0.900 bits per heavy atom. The average Bonchev–Trinajstić information content (AvgIpc) is 2.45. The normalized spacial score (nSPS) is 11.4. The van der Waals surface area contributed by atoms with Gasteiger partial charge < -0.3 is 23.8 Å². The summed E-state index contributed by atoms with van der Waals surface area (Å²) in [5, 5.41) is 0. The third-order valence-electron chi connectivity index (χ3n) is 2.68. The SMILES string of the molecule is CCCOCCOCCN(C)CCOCCOCCC. The van der Waals surface area contributed by atoms with Gasteiger partial charge in [-0.3, -0.25) is 0 Å². The molecule has 20 heavy (non-hydrogen) atoms. The van der Waals surface area contributed by atoms with Crippen LogP contribution in [0.4, 0.5) is 0 Å². The molecule has 0 amide bonds.